The minimum Gasteiger partial charge on any atom is -0.375 e. The number of benzene rings is 1. The van der Waals surface area contributed by atoms with Crippen LogP contribution in [0.3, 0.4) is 0 Å². The summed E-state index contributed by atoms with van der Waals surface area (Å²) in [5, 5.41) is 3.58. The Morgan fingerprint density at radius 1 is 1.35 bits per heavy atom. The monoisotopic (exact) mass is 400 g/mol. The number of carbonyl (C=O) groups excluding carboxylic acids is 2. The van der Waals surface area contributed by atoms with Crippen molar-refractivity contribution in [2.75, 3.05) is 19.7 Å². The van der Waals surface area contributed by atoms with Crippen molar-refractivity contribution in [1.82, 2.24) is 10.2 Å². The van der Waals surface area contributed by atoms with E-state index in [9.17, 15) is 9.59 Å². The summed E-state index contributed by atoms with van der Waals surface area (Å²) in [5.74, 6) is -0.183. The molecule has 1 fully saturated rings. The van der Waals surface area contributed by atoms with Gasteiger partial charge in [0.25, 0.3) is 5.91 Å². The van der Waals surface area contributed by atoms with E-state index in [4.69, 9.17) is 27.9 Å². The Bertz CT molecular complexity index is 652. The molecule has 0 aromatic heterocycles. The molecule has 1 aliphatic rings. The molecule has 2 rings (SSSR count). The minimum atomic E-state index is -0.593. The van der Waals surface area contributed by atoms with Crippen molar-refractivity contribution in [3.63, 3.8) is 0 Å². The Morgan fingerprint density at radius 2 is 2.08 bits per heavy atom. The van der Waals surface area contributed by atoms with E-state index in [2.05, 4.69) is 5.32 Å². The molecule has 7 heteroatoms. The number of hydrogen-bond acceptors (Lipinski definition) is 3. The first-order valence-corrected chi connectivity index (χ1v) is 9.73. The van der Waals surface area contributed by atoms with E-state index in [0.29, 0.717) is 36.7 Å². The molecule has 1 aliphatic heterocycles. The molecule has 144 valence electrons. The normalized spacial score (nSPS) is 18.7. The Balaban J connectivity index is 2.13. The zero-order valence-corrected chi connectivity index (χ0v) is 16.9. The number of morpholine rings is 1. The molecule has 2 unspecified atom stereocenters. The number of halogens is 2. The third kappa shape index (κ3) is 5.60. The van der Waals surface area contributed by atoms with Crippen molar-refractivity contribution in [1.29, 1.82) is 0 Å². The van der Waals surface area contributed by atoms with E-state index in [1.807, 2.05) is 20.8 Å². The highest BCUT2D eigenvalue weighted by molar-refractivity contribution is 6.36. The van der Waals surface area contributed by atoms with Crippen LogP contribution in [0.1, 0.15) is 44.0 Å². The van der Waals surface area contributed by atoms with E-state index >= 15 is 0 Å². The molecule has 1 heterocycles. The van der Waals surface area contributed by atoms with Gasteiger partial charge in [0.1, 0.15) is 6.04 Å². The zero-order valence-electron chi connectivity index (χ0n) is 15.4. The summed E-state index contributed by atoms with van der Waals surface area (Å²) in [6.45, 7) is 7.71. The van der Waals surface area contributed by atoms with Crippen LogP contribution in [-0.2, 0) is 9.53 Å². The molecule has 0 bridgehead atoms. The van der Waals surface area contributed by atoms with Gasteiger partial charge >= 0.3 is 0 Å². The number of rotatable bonds is 6. The van der Waals surface area contributed by atoms with Crippen LogP contribution < -0.4 is 5.32 Å². The van der Waals surface area contributed by atoms with Crippen LogP contribution in [0.2, 0.25) is 10.0 Å². The van der Waals surface area contributed by atoms with Gasteiger partial charge in [-0.2, -0.15) is 0 Å². The van der Waals surface area contributed by atoms with E-state index < -0.39 is 6.04 Å². The molecular weight excluding hydrogens is 375 g/mol. The highest BCUT2D eigenvalue weighted by atomic mass is 35.5. The third-order valence-corrected chi connectivity index (χ3v) is 4.94. The Hall–Kier alpha value is -1.30. The lowest BCUT2D eigenvalue weighted by molar-refractivity contribution is -0.141. The number of amides is 2. The number of carbonyl (C=O) groups is 2. The second kappa shape index (κ2) is 9.58. The SMILES string of the molecule is CCC1CN(C(=O)C(CC(C)C)NC(=O)c2ccc(Cl)cc2Cl)CCO1. The summed E-state index contributed by atoms with van der Waals surface area (Å²) in [7, 11) is 0. The Kier molecular flexibility index (Phi) is 7.74. The molecule has 0 aliphatic carbocycles. The predicted molar refractivity (Wildman–Crippen MR) is 104 cm³/mol. The highest BCUT2D eigenvalue weighted by Crippen LogP contribution is 2.21. The van der Waals surface area contributed by atoms with Gasteiger partial charge in [-0.1, -0.05) is 44.0 Å². The molecule has 26 heavy (non-hydrogen) atoms. The number of nitrogens with zero attached hydrogens (tertiary/aromatic N) is 1. The van der Waals surface area contributed by atoms with Gasteiger partial charge in [0.05, 0.1) is 23.3 Å². The molecule has 2 amide bonds. The fourth-order valence-electron chi connectivity index (χ4n) is 2.99. The van der Waals surface area contributed by atoms with E-state index in [1.54, 1.807) is 17.0 Å². The summed E-state index contributed by atoms with van der Waals surface area (Å²) in [6, 6.07) is 4.10. The van der Waals surface area contributed by atoms with Gasteiger partial charge < -0.3 is 15.0 Å². The van der Waals surface area contributed by atoms with Gasteiger partial charge in [-0.3, -0.25) is 9.59 Å². The maximum Gasteiger partial charge on any atom is 0.253 e. The quantitative estimate of drug-likeness (QED) is 0.790. The molecule has 1 N–H and O–H groups in total. The third-order valence-electron chi connectivity index (χ3n) is 4.39. The van der Waals surface area contributed by atoms with Crippen LogP contribution >= 0.6 is 23.2 Å². The minimum absolute atomic E-state index is 0.0498. The van der Waals surface area contributed by atoms with Crippen molar-refractivity contribution >= 4 is 35.0 Å². The van der Waals surface area contributed by atoms with Crippen molar-refractivity contribution < 1.29 is 14.3 Å². The number of ether oxygens (including phenoxy) is 1. The number of nitrogens with one attached hydrogen (secondary N) is 1. The summed E-state index contributed by atoms with van der Waals surface area (Å²) >= 11 is 12.0. The van der Waals surface area contributed by atoms with Gasteiger partial charge in [-0.05, 0) is 37.0 Å². The maximum absolute atomic E-state index is 13.0. The van der Waals surface area contributed by atoms with Crippen LogP contribution in [0.4, 0.5) is 0 Å². The van der Waals surface area contributed by atoms with Crippen LogP contribution in [0, 0.1) is 5.92 Å². The average Bonchev–Trinajstić information content (AvgIpc) is 2.60. The van der Waals surface area contributed by atoms with Gasteiger partial charge in [0.15, 0.2) is 0 Å². The fraction of sp³-hybridized carbons (Fsp3) is 0.579. The molecule has 5 nitrogen and oxygen atoms in total. The molecular formula is C19H26Cl2N2O3. The molecule has 0 radical (unpaired) electrons. The van der Waals surface area contributed by atoms with Gasteiger partial charge in [-0.15, -0.1) is 0 Å². The molecule has 2 atom stereocenters. The Morgan fingerprint density at radius 3 is 2.69 bits per heavy atom. The largest absolute Gasteiger partial charge is 0.375 e. The van der Waals surface area contributed by atoms with Crippen LogP contribution in [0.25, 0.3) is 0 Å². The van der Waals surface area contributed by atoms with Gasteiger partial charge in [-0.25, -0.2) is 0 Å². The van der Waals surface area contributed by atoms with E-state index in [1.165, 1.54) is 6.07 Å². The maximum atomic E-state index is 13.0. The fourth-order valence-corrected chi connectivity index (χ4v) is 3.48. The second-order valence-electron chi connectivity index (χ2n) is 6.97. The molecule has 0 saturated carbocycles. The van der Waals surface area contributed by atoms with Crippen LogP contribution in [-0.4, -0.2) is 48.6 Å². The van der Waals surface area contributed by atoms with Gasteiger partial charge in [0, 0.05) is 18.1 Å². The van der Waals surface area contributed by atoms with Crippen LogP contribution in [0.5, 0.6) is 0 Å². The lowest BCUT2D eigenvalue weighted by Crippen LogP contribution is -2.54. The molecule has 1 aromatic rings. The summed E-state index contributed by atoms with van der Waals surface area (Å²) in [5.41, 5.74) is 0.311. The predicted octanol–water partition coefficient (Wildman–Crippen LogP) is 3.78. The molecule has 1 saturated heterocycles. The molecule has 1 aromatic carbocycles. The van der Waals surface area contributed by atoms with Crippen molar-refractivity contribution in [2.24, 2.45) is 5.92 Å². The first kappa shape index (κ1) is 21.0. The summed E-state index contributed by atoms with van der Waals surface area (Å²) in [6.07, 6.45) is 1.46. The smallest absolute Gasteiger partial charge is 0.253 e. The second-order valence-corrected chi connectivity index (χ2v) is 7.81. The standard InChI is InChI=1S/C19H26Cl2N2O3/c1-4-14-11-23(7-8-26-14)19(25)17(9-12(2)3)22-18(24)15-6-5-13(20)10-16(15)21/h5-6,10,12,14,17H,4,7-9,11H2,1-3H3,(H,22,24). The Labute approximate surface area is 165 Å². The average molecular weight is 401 g/mol. The van der Waals surface area contributed by atoms with E-state index in [-0.39, 0.29) is 28.9 Å². The number of hydrogen-bond donors (Lipinski definition) is 1. The van der Waals surface area contributed by atoms with Crippen molar-refractivity contribution in [2.45, 2.75) is 45.8 Å². The first-order valence-electron chi connectivity index (χ1n) is 8.98. The van der Waals surface area contributed by atoms with Crippen molar-refractivity contribution in [3.8, 4) is 0 Å². The lowest BCUT2D eigenvalue weighted by atomic mass is 10.0. The van der Waals surface area contributed by atoms with Crippen molar-refractivity contribution in [3.05, 3.63) is 33.8 Å². The lowest BCUT2D eigenvalue weighted by Gasteiger charge is -2.35. The zero-order chi connectivity index (χ0) is 19.3. The first-order chi connectivity index (χ1) is 12.3. The summed E-state index contributed by atoms with van der Waals surface area (Å²) < 4.78 is 5.63. The van der Waals surface area contributed by atoms with Gasteiger partial charge in [0.2, 0.25) is 5.91 Å². The van der Waals surface area contributed by atoms with E-state index in [0.717, 1.165) is 6.42 Å². The summed E-state index contributed by atoms with van der Waals surface area (Å²) in [4.78, 5) is 27.4. The van der Waals surface area contributed by atoms with Crippen LogP contribution in [0.15, 0.2) is 18.2 Å². The topological polar surface area (TPSA) is 58.6 Å². The highest BCUT2D eigenvalue weighted by Gasteiger charge is 2.30. The molecule has 0 spiro atoms.